The van der Waals surface area contributed by atoms with Crippen LogP contribution in [-0.4, -0.2) is 38.3 Å². The van der Waals surface area contributed by atoms with Crippen LogP contribution in [0.15, 0.2) is 18.2 Å². The second-order valence-electron chi connectivity index (χ2n) is 5.91. The molecule has 1 saturated heterocycles. The highest BCUT2D eigenvalue weighted by atomic mass is 35.5. The summed E-state index contributed by atoms with van der Waals surface area (Å²) < 4.78 is 5.19. The summed E-state index contributed by atoms with van der Waals surface area (Å²) in [5.41, 5.74) is 0.926. The number of rotatable bonds is 7. The Balaban J connectivity index is 0.00000288. The van der Waals surface area contributed by atoms with Gasteiger partial charge in [0.2, 0.25) is 0 Å². The van der Waals surface area contributed by atoms with Crippen LogP contribution in [0.25, 0.3) is 0 Å². The first-order chi connectivity index (χ1) is 11.1. The first kappa shape index (κ1) is 21.5. The molecular weight excluding hydrogens is 371 g/mol. The van der Waals surface area contributed by atoms with Crippen LogP contribution in [0.3, 0.4) is 0 Å². The van der Waals surface area contributed by atoms with E-state index in [0.717, 1.165) is 25.2 Å². The van der Waals surface area contributed by atoms with Crippen LogP contribution < -0.4 is 10.6 Å². The highest BCUT2D eigenvalue weighted by molar-refractivity contribution is 6.34. The Labute approximate surface area is 160 Å². The minimum absolute atomic E-state index is 0. The Kier molecular flexibility index (Phi) is 10.0. The van der Waals surface area contributed by atoms with Crippen LogP contribution in [0, 0.1) is 5.92 Å². The van der Waals surface area contributed by atoms with Gasteiger partial charge in [-0.25, -0.2) is 0 Å². The molecule has 24 heavy (non-hydrogen) atoms. The number of carbonyl (C=O) groups is 1. The smallest absolute Gasteiger partial charge is 0.323 e. The van der Waals surface area contributed by atoms with Crippen LogP contribution in [0.4, 0.5) is 0 Å². The van der Waals surface area contributed by atoms with Crippen LogP contribution >= 0.6 is 35.6 Å². The van der Waals surface area contributed by atoms with Crippen molar-refractivity contribution in [2.75, 3.05) is 26.2 Å². The van der Waals surface area contributed by atoms with Gasteiger partial charge >= 0.3 is 5.97 Å². The molecule has 2 atom stereocenters. The fourth-order valence-electron chi connectivity index (χ4n) is 2.85. The van der Waals surface area contributed by atoms with E-state index in [1.807, 2.05) is 19.1 Å². The lowest BCUT2D eigenvalue weighted by atomic mass is 9.98. The van der Waals surface area contributed by atoms with E-state index < -0.39 is 0 Å². The van der Waals surface area contributed by atoms with Crippen molar-refractivity contribution in [2.24, 2.45) is 5.92 Å². The largest absolute Gasteiger partial charge is 0.465 e. The lowest BCUT2D eigenvalue weighted by Gasteiger charge is -2.25. The maximum Gasteiger partial charge on any atom is 0.323 e. The summed E-state index contributed by atoms with van der Waals surface area (Å²) >= 11 is 12.1. The van der Waals surface area contributed by atoms with Gasteiger partial charge in [0, 0.05) is 10.0 Å². The zero-order chi connectivity index (χ0) is 16.7. The van der Waals surface area contributed by atoms with Gasteiger partial charge in [-0.1, -0.05) is 23.2 Å². The van der Waals surface area contributed by atoms with Gasteiger partial charge in [0.25, 0.3) is 0 Å². The molecule has 4 nitrogen and oxygen atoms in total. The number of nitrogens with one attached hydrogen (secondary N) is 2. The fourth-order valence-corrected chi connectivity index (χ4v) is 3.42. The highest BCUT2D eigenvalue weighted by Crippen LogP contribution is 2.20. The second-order valence-corrected chi connectivity index (χ2v) is 6.78. The minimum atomic E-state index is -0.383. The number of carbonyl (C=O) groups excluding carboxylic acids is 1. The standard InChI is InChI=1S/C17H24Cl2N2O2.ClH/c1-2-23-17(22)16(21-11-12-4-3-5-20-10-12)8-13-6-14(18)9-15(19)7-13;/h6-7,9,12,16,20-21H,2-5,8,10-11H2,1H3;1H. The number of ether oxygens (including phenoxy) is 1. The van der Waals surface area contributed by atoms with E-state index in [-0.39, 0.29) is 24.4 Å². The Morgan fingerprint density at radius 3 is 2.67 bits per heavy atom. The van der Waals surface area contributed by atoms with E-state index in [2.05, 4.69) is 10.6 Å². The number of esters is 1. The van der Waals surface area contributed by atoms with Gasteiger partial charge in [0.1, 0.15) is 6.04 Å². The molecule has 0 aromatic heterocycles. The zero-order valence-corrected chi connectivity index (χ0v) is 16.1. The molecular formula is C17H25Cl3N2O2. The first-order valence-electron chi connectivity index (χ1n) is 8.14. The molecule has 1 aliphatic heterocycles. The van der Waals surface area contributed by atoms with Gasteiger partial charge < -0.3 is 15.4 Å². The molecule has 1 aliphatic rings. The first-order valence-corrected chi connectivity index (χ1v) is 8.89. The van der Waals surface area contributed by atoms with E-state index >= 15 is 0 Å². The summed E-state index contributed by atoms with van der Waals surface area (Å²) in [7, 11) is 0. The topological polar surface area (TPSA) is 50.4 Å². The molecule has 1 fully saturated rings. The predicted octanol–water partition coefficient (Wildman–Crippen LogP) is 3.48. The molecule has 0 spiro atoms. The van der Waals surface area contributed by atoms with Crippen LogP contribution in [0.2, 0.25) is 10.0 Å². The van der Waals surface area contributed by atoms with Gasteiger partial charge in [-0.15, -0.1) is 12.4 Å². The predicted molar refractivity (Wildman–Crippen MR) is 101 cm³/mol. The van der Waals surface area contributed by atoms with Crippen molar-refractivity contribution in [1.82, 2.24) is 10.6 Å². The zero-order valence-electron chi connectivity index (χ0n) is 13.8. The van der Waals surface area contributed by atoms with E-state index in [4.69, 9.17) is 27.9 Å². The van der Waals surface area contributed by atoms with Gasteiger partial charge in [-0.3, -0.25) is 4.79 Å². The van der Waals surface area contributed by atoms with Crippen LogP contribution in [0.1, 0.15) is 25.3 Å². The lowest BCUT2D eigenvalue weighted by Crippen LogP contribution is -2.45. The Morgan fingerprint density at radius 2 is 2.08 bits per heavy atom. The molecule has 136 valence electrons. The maximum atomic E-state index is 12.2. The van der Waals surface area contributed by atoms with Crippen molar-refractivity contribution in [3.63, 3.8) is 0 Å². The molecule has 1 aromatic rings. The second kappa shape index (κ2) is 11.2. The summed E-state index contributed by atoms with van der Waals surface area (Å²) in [5, 5.41) is 7.90. The quantitative estimate of drug-likeness (QED) is 0.694. The van der Waals surface area contributed by atoms with E-state index in [1.165, 1.54) is 12.8 Å². The summed E-state index contributed by atoms with van der Waals surface area (Å²) in [4.78, 5) is 12.2. The van der Waals surface area contributed by atoms with Crippen LogP contribution in [-0.2, 0) is 16.0 Å². The van der Waals surface area contributed by atoms with Crippen molar-refractivity contribution in [3.8, 4) is 0 Å². The number of halogens is 3. The third-order valence-corrected chi connectivity index (χ3v) is 4.42. The van der Waals surface area contributed by atoms with Gasteiger partial charge in [0.05, 0.1) is 6.61 Å². The number of piperidine rings is 1. The SMILES string of the molecule is CCOC(=O)C(Cc1cc(Cl)cc(Cl)c1)NCC1CCCNC1.Cl. The summed E-state index contributed by atoms with van der Waals surface area (Å²) in [5.74, 6) is 0.316. The molecule has 2 unspecified atom stereocenters. The van der Waals surface area contributed by atoms with Crippen molar-refractivity contribution < 1.29 is 9.53 Å². The lowest BCUT2D eigenvalue weighted by molar-refractivity contribution is -0.145. The monoisotopic (exact) mass is 394 g/mol. The van der Waals surface area contributed by atoms with E-state index in [0.29, 0.717) is 29.0 Å². The molecule has 2 rings (SSSR count). The fraction of sp³-hybridized carbons (Fsp3) is 0.588. The molecule has 7 heteroatoms. The number of benzene rings is 1. The molecule has 0 saturated carbocycles. The molecule has 1 heterocycles. The highest BCUT2D eigenvalue weighted by Gasteiger charge is 2.22. The van der Waals surface area contributed by atoms with Crippen LogP contribution in [0.5, 0.6) is 0 Å². The molecule has 2 N–H and O–H groups in total. The average molecular weight is 396 g/mol. The van der Waals surface area contributed by atoms with Crippen molar-refractivity contribution >= 4 is 41.6 Å². The van der Waals surface area contributed by atoms with Gasteiger partial charge in [0.15, 0.2) is 0 Å². The summed E-state index contributed by atoms with van der Waals surface area (Å²) in [6.45, 7) is 5.06. The van der Waals surface area contributed by atoms with Gasteiger partial charge in [-0.2, -0.15) is 0 Å². The van der Waals surface area contributed by atoms with Crippen molar-refractivity contribution in [3.05, 3.63) is 33.8 Å². The van der Waals surface area contributed by atoms with E-state index in [9.17, 15) is 4.79 Å². The summed E-state index contributed by atoms with van der Waals surface area (Å²) in [6, 6.07) is 4.98. The molecule has 0 radical (unpaired) electrons. The normalized spacial score (nSPS) is 18.5. The van der Waals surface area contributed by atoms with Crippen molar-refractivity contribution in [1.29, 1.82) is 0 Å². The Bertz CT molecular complexity index is 502. The average Bonchev–Trinajstić information content (AvgIpc) is 2.51. The summed E-state index contributed by atoms with van der Waals surface area (Å²) in [6.07, 6.45) is 2.87. The molecule has 0 aliphatic carbocycles. The third-order valence-electron chi connectivity index (χ3n) is 3.99. The third kappa shape index (κ3) is 7.16. The number of hydrogen-bond acceptors (Lipinski definition) is 4. The van der Waals surface area contributed by atoms with Crippen molar-refractivity contribution in [2.45, 2.75) is 32.2 Å². The maximum absolute atomic E-state index is 12.2. The Hall–Kier alpha value is -0.520. The number of hydrogen-bond donors (Lipinski definition) is 2. The van der Waals surface area contributed by atoms with Gasteiger partial charge in [-0.05, 0) is 75.5 Å². The van der Waals surface area contributed by atoms with E-state index in [1.54, 1.807) is 6.07 Å². The molecule has 0 amide bonds. The molecule has 1 aromatic carbocycles. The Morgan fingerprint density at radius 1 is 1.38 bits per heavy atom. The minimum Gasteiger partial charge on any atom is -0.465 e. The molecule has 0 bridgehead atoms.